The molecule has 0 aromatic heterocycles. The predicted molar refractivity (Wildman–Crippen MR) is 81.1 cm³/mol. The van der Waals surface area contributed by atoms with E-state index in [0.717, 1.165) is 0 Å². The van der Waals surface area contributed by atoms with Crippen LogP contribution in [0.3, 0.4) is 0 Å². The van der Waals surface area contributed by atoms with Crippen LogP contribution in [0.25, 0.3) is 0 Å². The molecule has 0 aliphatic carbocycles. The molecular weight excluding hydrogens is 321 g/mol. The Kier molecular flexibility index (Phi) is 3.88. The summed E-state index contributed by atoms with van der Waals surface area (Å²) in [6, 6.07) is 15.5. The van der Waals surface area contributed by atoms with Gasteiger partial charge >= 0.3 is 6.18 Å². The summed E-state index contributed by atoms with van der Waals surface area (Å²) in [5.74, 6) is -0.804. The smallest absolute Gasteiger partial charge is 0.365 e. The van der Waals surface area contributed by atoms with E-state index in [4.69, 9.17) is 0 Å². The van der Waals surface area contributed by atoms with Gasteiger partial charge in [-0.3, -0.25) is 4.79 Å². The average Bonchev–Trinajstić information content (AvgIpc) is 2.95. The quantitative estimate of drug-likeness (QED) is 0.916. The highest BCUT2D eigenvalue weighted by Crippen LogP contribution is 2.40. The van der Waals surface area contributed by atoms with Gasteiger partial charge in [-0.25, -0.2) is 0 Å². The van der Waals surface area contributed by atoms with Gasteiger partial charge in [0.1, 0.15) is 5.71 Å². The van der Waals surface area contributed by atoms with Gasteiger partial charge in [0.15, 0.2) is 5.72 Å². The summed E-state index contributed by atoms with van der Waals surface area (Å²) in [4.78, 5) is 12.6. The van der Waals surface area contributed by atoms with Crippen molar-refractivity contribution in [2.45, 2.75) is 18.3 Å². The number of rotatable bonds is 2. The molecule has 0 saturated heterocycles. The number of carbonyl (C=O) groups excluding carboxylic acids is 1. The fourth-order valence-corrected chi connectivity index (χ4v) is 2.55. The number of carbonyl (C=O) groups is 1. The Morgan fingerprint density at radius 3 is 2.12 bits per heavy atom. The third-order valence-corrected chi connectivity index (χ3v) is 3.76. The molecule has 124 valence electrons. The molecule has 0 radical (unpaired) electrons. The molecule has 1 heterocycles. The molecule has 1 amide bonds. The number of aliphatic hydroxyl groups is 1. The van der Waals surface area contributed by atoms with Crippen LogP contribution < -0.4 is 0 Å². The molecule has 1 aliphatic rings. The molecule has 4 nitrogen and oxygen atoms in total. The second-order valence-corrected chi connectivity index (χ2v) is 5.39. The number of hydrogen-bond acceptors (Lipinski definition) is 3. The lowest BCUT2D eigenvalue weighted by atomic mass is 9.96. The van der Waals surface area contributed by atoms with E-state index in [1.165, 1.54) is 24.3 Å². The normalized spacial score (nSPS) is 20.8. The molecule has 0 bridgehead atoms. The van der Waals surface area contributed by atoms with Crippen molar-refractivity contribution >= 4 is 11.6 Å². The first kappa shape index (κ1) is 16.2. The molecule has 1 aliphatic heterocycles. The number of halogens is 3. The van der Waals surface area contributed by atoms with Crippen LogP contribution in [-0.4, -0.2) is 27.9 Å². The fourth-order valence-electron chi connectivity index (χ4n) is 2.55. The van der Waals surface area contributed by atoms with Crippen LogP contribution in [0.5, 0.6) is 0 Å². The molecule has 0 unspecified atom stereocenters. The number of benzene rings is 2. The van der Waals surface area contributed by atoms with E-state index in [2.05, 4.69) is 5.10 Å². The van der Waals surface area contributed by atoms with Gasteiger partial charge < -0.3 is 5.11 Å². The van der Waals surface area contributed by atoms with Gasteiger partial charge in [0.05, 0.1) is 6.42 Å². The van der Waals surface area contributed by atoms with Crippen LogP contribution in [0.2, 0.25) is 0 Å². The zero-order chi connectivity index (χ0) is 17.4. The maximum atomic E-state index is 13.1. The standard InChI is InChI=1S/C17H13F3N2O2/c18-17(19,20)14-11-16(24,13-9-5-2-6-10-13)22(21-14)15(23)12-7-3-1-4-8-12/h1-10,24H,11H2/t16-/m0/s1. The van der Waals surface area contributed by atoms with Crippen LogP contribution in [0.15, 0.2) is 65.8 Å². The van der Waals surface area contributed by atoms with Crippen molar-refractivity contribution in [2.24, 2.45) is 5.10 Å². The highest BCUT2D eigenvalue weighted by atomic mass is 19.4. The molecule has 1 atom stereocenters. The van der Waals surface area contributed by atoms with Crippen LogP contribution in [-0.2, 0) is 5.72 Å². The number of nitrogens with zero attached hydrogens (tertiary/aromatic N) is 2. The zero-order valence-electron chi connectivity index (χ0n) is 12.4. The van der Waals surface area contributed by atoms with E-state index in [1.807, 2.05) is 0 Å². The summed E-state index contributed by atoms with van der Waals surface area (Å²) in [6.45, 7) is 0. The molecule has 0 saturated carbocycles. The lowest BCUT2D eigenvalue weighted by Crippen LogP contribution is -2.43. The van der Waals surface area contributed by atoms with Crippen molar-refractivity contribution in [3.63, 3.8) is 0 Å². The molecule has 0 spiro atoms. The van der Waals surface area contributed by atoms with E-state index in [-0.39, 0.29) is 11.1 Å². The van der Waals surface area contributed by atoms with Gasteiger partial charge in [0.25, 0.3) is 5.91 Å². The van der Waals surface area contributed by atoms with Gasteiger partial charge in [-0.15, -0.1) is 0 Å². The van der Waals surface area contributed by atoms with E-state index >= 15 is 0 Å². The van der Waals surface area contributed by atoms with E-state index < -0.39 is 29.9 Å². The minimum Gasteiger partial charge on any atom is -0.365 e. The van der Waals surface area contributed by atoms with E-state index in [1.54, 1.807) is 36.4 Å². The Bertz CT molecular complexity index is 775. The van der Waals surface area contributed by atoms with Crippen molar-refractivity contribution < 1.29 is 23.1 Å². The first-order chi connectivity index (χ1) is 11.3. The number of hydrogen-bond donors (Lipinski definition) is 1. The minimum absolute atomic E-state index is 0.138. The maximum absolute atomic E-state index is 13.1. The molecule has 2 aromatic carbocycles. The highest BCUT2D eigenvalue weighted by molar-refractivity contribution is 5.99. The van der Waals surface area contributed by atoms with Gasteiger partial charge in [-0.05, 0) is 12.1 Å². The largest absolute Gasteiger partial charge is 0.431 e. The van der Waals surface area contributed by atoms with Crippen LogP contribution >= 0.6 is 0 Å². The summed E-state index contributed by atoms with van der Waals surface area (Å²) >= 11 is 0. The summed E-state index contributed by atoms with van der Waals surface area (Å²) in [5.41, 5.74) is -3.08. The van der Waals surface area contributed by atoms with Gasteiger partial charge in [0, 0.05) is 11.1 Å². The zero-order valence-corrected chi connectivity index (χ0v) is 12.4. The SMILES string of the molecule is O=C(c1ccccc1)N1N=C(C(F)(F)F)C[C@]1(O)c1ccccc1. The summed E-state index contributed by atoms with van der Waals surface area (Å²) in [6.07, 6.45) is -5.55. The summed E-state index contributed by atoms with van der Waals surface area (Å²) in [5, 5.41) is 14.8. The van der Waals surface area contributed by atoms with Crippen LogP contribution in [0.1, 0.15) is 22.3 Å². The molecule has 1 N–H and O–H groups in total. The van der Waals surface area contributed by atoms with Crippen molar-refractivity contribution in [3.05, 3.63) is 71.8 Å². The van der Waals surface area contributed by atoms with Gasteiger partial charge in [0.2, 0.25) is 0 Å². The Morgan fingerprint density at radius 2 is 1.58 bits per heavy atom. The topological polar surface area (TPSA) is 52.9 Å². The summed E-state index contributed by atoms with van der Waals surface area (Å²) in [7, 11) is 0. The third kappa shape index (κ3) is 2.78. The van der Waals surface area contributed by atoms with E-state index in [0.29, 0.717) is 5.01 Å². The molecule has 24 heavy (non-hydrogen) atoms. The lowest BCUT2D eigenvalue weighted by Gasteiger charge is -2.31. The molecule has 3 rings (SSSR count). The highest BCUT2D eigenvalue weighted by Gasteiger charge is 2.53. The Hall–Kier alpha value is -2.67. The maximum Gasteiger partial charge on any atom is 0.431 e. The second-order valence-electron chi connectivity index (χ2n) is 5.39. The predicted octanol–water partition coefficient (Wildman–Crippen LogP) is 3.30. The number of amides is 1. The Balaban J connectivity index is 2.07. The monoisotopic (exact) mass is 334 g/mol. The molecule has 7 heteroatoms. The van der Waals surface area contributed by atoms with Crippen molar-refractivity contribution in [3.8, 4) is 0 Å². The average molecular weight is 334 g/mol. The first-order valence-electron chi connectivity index (χ1n) is 7.14. The van der Waals surface area contributed by atoms with Crippen molar-refractivity contribution in [2.75, 3.05) is 0 Å². The third-order valence-electron chi connectivity index (χ3n) is 3.76. The van der Waals surface area contributed by atoms with Gasteiger partial charge in [-0.2, -0.15) is 23.3 Å². The van der Waals surface area contributed by atoms with Crippen molar-refractivity contribution in [1.82, 2.24) is 5.01 Å². The molecule has 0 fully saturated rings. The Labute approximate surface area is 135 Å². The lowest BCUT2D eigenvalue weighted by molar-refractivity contribution is -0.0816. The van der Waals surface area contributed by atoms with Crippen LogP contribution in [0, 0.1) is 0 Å². The molecular formula is C17H13F3N2O2. The number of hydrazone groups is 1. The number of alkyl halides is 3. The first-order valence-corrected chi connectivity index (χ1v) is 7.14. The fraction of sp³-hybridized carbons (Fsp3) is 0.176. The summed E-state index contributed by atoms with van der Waals surface area (Å²) < 4.78 is 39.2. The Morgan fingerprint density at radius 1 is 1.04 bits per heavy atom. The van der Waals surface area contributed by atoms with E-state index in [9.17, 15) is 23.1 Å². The minimum atomic E-state index is -4.73. The second kappa shape index (κ2) is 5.76. The van der Waals surface area contributed by atoms with Crippen LogP contribution in [0.4, 0.5) is 13.2 Å². The molecule has 2 aromatic rings. The van der Waals surface area contributed by atoms with Gasteiger partial charge in [-0.1, -0.05) is 48.5 Å². The van der Waals surface area contributed by atoms with Crippen molar-refractivity contribution in [1.29, 1.82) is 0 Å².